The first-order valence-electron chi connectivity index (χ1n) is 7.13. The van der Waals surface area contributed by atoms with Crippen LogP contribution in [0.2, 0.25) is 0 Å². The number of carbonyl (C=O) groups excluding carboxylic acids is 2. The molecule has 0 atom stereocenters. The molecule has 0 saturated carbocycles. The lowest BCUT2D eigenvalue weighted by Crippen LogP contribution is -2.57. The predicted octanol–water partition coefficient (Wildman–Crippen LogP) is 1.75. The van der Waals surface area contributed by atoms with Gasteiger partial charge >= 0.3 is 11.9 Å². The van der Waals surface area contributed by atoms with Crippen LogP contribution in [0.25, 0.3) is 0 Å². The minimum Gasteiger partial charge on any atom is -0.464 e. The van der Waals surface area contributed by atoms with Crippen LogP contribution in [0.3, 0.4) is 0 Å². The van der Waals surface area contributed by atoms with Crippen molar-refractivity contribution in [1.29, 1.82) is 0 Å². The lowest BCUT2D eigenvalue weighted by molar-refractivity contribution is -0.164. The molecule has 5 heteroatoms. The monoisotopic (exact) mass is 293 g/mol. The molecule has 0 amide bonds. The van der Waals surface area contributed by atoms with Crippen LogP contribution in [0.1, 0.15) is 31.4 Å². The maximum Gasteiger partial charge on any atom is 0.337 e. The largest absolute Gasteiger partial charge is 0.464 e. The summed E-state index contributed by atoms with van der Waals surface area (Å²) < 4.78 is 9.83. The van der Waals surface area contributed by atoms with Gasteiger partial charge in [0, 0.05) is 0 Å². The van der Waals surface area contributed by atoms with Crippen molar-refractivity contribution in [3.8, 4) is 0 Å². The minimum absolute atomic E-state index is 0.147. The lowest BCUT2D eigenvalue weighted by atomic mass is 9.92. The highest BCUT2D eigenvalue weighted by atomic mass is 16.6. The number of nitrogens with two attached hydrogens (primary N) is 1. The second-order valence-electron chi connectivity index (χ2n) is 4.90. The molecule has 0 unspecified atom stereocenters. The van der Waals surface area contributed by atoms with Gasteiger partial charge in [0.25, 0.3) is 0 Å². The molecular weight excluding hydrogens is 270 g/mol. The maximum atomic E-state index is 12.0. The van der Waals surface area contributed by atoms with Crippen LogP contribution in [0.15, 0.2) is 24.3 Å². The van der Waals surface area contributed by atoms with Gasteiger partial charge in [-0.1, -0.05) is 29.8 Å². The molecule has 0 aliphatic heterocycles. The molecule has 21 heavy (non-hydrogen) atoms. The van der Waals surface area contributed by atoms with E-state index in [4.69, 9.17) is 15.2 Å². The summed E-state index contributed by atoms with van der Waals surface area (Å²) >= 11 is 0. The quantitative estimate of drug-likeness (QED) is 0.612. The third-order valence-electron chi connectivity index (χ3n) is 3.21. The molecule has 0 aromatic heterocycles. The molecular formula is C16H23NO4. The van der Waals surface area contributed by atoms with Crippen molar-refractivity contribution < 1.29 is 19.1 Å². The maximum absolute atomic E-state index is 12.0. The molecule has 1 aromatic rings. The normalized spacial score (nSPS) is 11.0. The first-order valence-corrected chi connectivity index (χ1v) is 7.13. The Morgan fingerprint density at radius 1 is 1.05 bits per heavy atom. The van der Waals surface area contributed by atoms with Crippen molar-refractivity contribution in [2.75, 3.05) is 13.2 Å². The summed E-state index contributed by atoms with van der Waals surface area (Å²) in [5.41, 5.74) is 6.38. The summed E-state index contributed by atoms with van der Waals surface area (Å²) in [5.74, 6) is -1.48. The fraction of sp³-hybridized carbons (Fsp3) is 0.500. The number of esters is 2. The zero-order valence-corrected chi connectivity index (χ0v) is 12.8. The van der Waals surface area contributed by atoms with Crippen molar-refractivity contribution in [3.05, 3.63) is 35.4 Å². The van der Waals surface area contributed by atoms with Gasteiger partial charge in [0.15, 0.2) is 0 Å². The van der Waals surface area contributed by atoms with E-state index in [1.54, 1.807) is 13.8 Å². The van der Waals surface area contributed by atoms with Crippen molar-refractivity contribution in [2.45, 2.75) is 39.2 Å². The van der Waals surface area contributed by atoms with Crippen LogP contribution >= 0.6 is 0 Å². The van der Waals surface area contributed by atoms with Crippen LogP contribution in [-0.4, -0.2) is 30.7 Å². The summed E-state index contributed by atoms with van der Waals surface area (Å²) in [7, 11) is 0. The molecule has 5 nitrogen and oxygen atoms in total. The van der Waals surface area contributed by atoms with Crippen molar-refractivity contribution in [1.82, 2.24) is 0 Å². The molecule has 116 valence electrons. The first-order chi connectivity index (χ1) is 9.93. The van der Waals surface area contributed by atoms with Crippen molar-refractivity contribution >= 4 is 11.9 Å². The number of hydrogen-bond acceptors (Lipinski definition) is 5. The highest BCUT2D eigenvalue weighted by Crippen LogP contribution is 2.17. The molecule has 0 saturated heterocycles. The molecule has 0 spiro atoms. The topological polar surface area (TPSA) is 78.6 Å². The summed E-state index contributed by atoms with van der Waals surface area (Å²) in [6.45, 7) is 5.67. The van der Waals surface area contributed by atoms with Gasteiger partial charge in [0.05, 0.1) is 13.2 Å². The van der Waals surface area contributed by atoms with Crippen LogP contribution < -0.4 is 5.73 Å². The zero-order valence-electron chi connectivity index (χ0n) is 12.8. The van der Waals surface area contributed by atoms with Crippen molar-refractivity contribution in [3.63, 3.8) is 0 Å². The summed E-state index contributed by atoms with van der Waals surface area (Å²) in [4.78, 5) is 24.0. The Balaban J connectivity index is 2.84. The highest BCUT2D eigenvalue weighted by Gasteiger charge is 2.44. The SMILES string of the molecule is CCOC(=O)C(N)(CCc1ccc(C)cc1)C(=O)OCC. The Bertz CT molecular complexity index is 464. The lowest BCUT2D eigenvalue weighted by Gasteiger charge is -2.24. The average Bonchev–Trinajstić information content (AvgIpc) is 2.46. The fourth-order valence-corrected chi connectivity index (χ4v) is 1.90. The van der Waals surface area contributed by atoms with Gasteiger partial charge in [-0.3, -0.25) is 0 Å². The van der Waals surface area contributed by atoms with Gasteiger partial charge in [-0.15, -0.1) is 0 Å². The van der Waals surface area contributed by atoms with Crippen molar-refractivity contribution in [2.24, 2.45) is 5.73 Å². The van der Waals surface area contributed by atoms with Crippen LogP contribution in [-0.2, 0) is 25.5 Å². The number of aryl methyl sites for hydroxylation is 2. The van der Waals surface area contributed by atoms with Gasteiger partial charge < -0.3 is 15.2 Å². The summed E-state index contributed by atoms with van der Waals surface area (Å²) in [5, 5.41) is 0. The van der Waals surface area contributed by atoms with E-state index in [9.17, 15) is 9.59 Å². The Morgan fingerprint density at radius 3 is 1.95 bits per heavy atom. The van der Waals surface area contributed by atoms with Gasteiger partial charge in [-0.25, -0.2) is 9.59 Å². The summed E-state index contributed by atoms with van der Waals surface area (Å²) in [6.07, 6.45) is 0.641. The van der Waals surface area contributed by atoms with E-state index < -0.39 is 17.5 Å². The molecule has 2 N–H and O–H groups in total. The average molecular weight is 293 g/mol. The Labute approximate surface area is 125 Å². The molecule has 0 heterocycles. The van der Waals surface area contributed by atoms with E-state index >= 15 is 0 Å². The molecule has 1 aromatic carbocycles. The van der Waals surface area contributed by atoms with E-state index in [0.717, 1.165) is 11.1 Å². The van der Waals surface area contributed by atoms with E-state index in [1.165, 1.54) is 0 Å². The molecule has 0 bridgehead atoms. The van der Waals surface area contributed by atoms with Gasteiger partial charge in [0.1, 0.15) is 0 Å². The van der Waals surface area contributed by atoms with Gasteiger partial charge in [-0.2, -0.15) is 0 Å². The Hall–Kier alpha value is -1.88. The summed E-state index contributed by atoms with van der Waals surface area (Å²) in [6, 6.07) is 7.85. The Kier molecular flexibility index (Phi) is 6.37. The molecule has 0 aliphatic rings. The number of carbonyl (C=O) groups is 2. The predicted molar refractivity (Wildman–Crippen MR) is 79.7 cm³/mol. The molecule has 0 fully saturated rings. The number of rotatable bonds is 7. The smallest absolute Gasteiger partial charge is 0.337 e. The zero-order chi connectivity index (χ0) is 15.9. The number of benzene rings is 1. The van der Waals surface area contributed by atoms with Crippen LogP contribution in [0.4, 0.5) is 0 Å². The number of hydrogen-bond donors (Lipinski definition) is 1. The third-order valence-corrected chi connectivity index (χ3v) is 3.21. The van der Waals surface area contributed by atoms with Crippen LogP contribution in [0.5, 0.6) is 0 Å². The van der Waals surface area contributed by atoms with E-state index in [2.05, 4.69) is 0 Å². The van der Waals surface area contributed by atoms with E-state index in [0.29, 0.717) is 6.42 Å². The van der Waals surface area contributed by atoms with Gasteiger partial charge in [0.2, 0.25) is 5.54 Å². The molecule has 0 radical (unpaired) electrons. The second kappa shape index (κ2) is 7.78. The second-order valence-corrected chi connectivity index (χ2v) is 4.90. The molecule has 1 rings (SSSR count). The third kappa shape index (κ3) is 4.56. The Morgan fingerprint density at radius 2 is 1.52 bits per heavy atom. The standard InChI is InChI=1S/C16H23NO4/c1-4-20-14(18)16(17,15(19)21-5-2)11-10-13-8-6-12(3)7-9-13/h6-9H,4-5,10-11,17H2,1-3H3. The number of ether oxygens (including phenoxy) is 2. The van der Waals surface area contributed by atoms with Crippen LogP contribution in [0, 0.1) is 6.92 Å². The van der Waals surface area contributed by atoms with E-state index in [1.807, 2.05) is 31.2 Å². The fourth-order valence-electron chi connectivity index (χ4n) is 1.90. The molecule has 0 aliphatic carbocycles. The highest BCUT2D eigenvalue weighted by molar-refractivity contribution is 6.04. The van der Waals surface area contributed by atoms with Gasteiger partial charge in [-0.05, 0) is 39.2 Å². The minimum atomic E-state index is -1.75. The first kappa shape index (κ1) is 17.2. The van der Waals surface area contributed by atoms with E-state index in [-0.39, 0.29) is 19.6 Å².